The molecule has 1 aliphatic heterocycles. The zero-order valence-electron chi connectivity index (χ0n) is 15.0. The molecule has 0 spiro atoms. The maximum absolute atomic E-state index is 13.7. The van der Waals surface area contributed by atoms with Gasteiger partial charge in [-0.2, -0.15) is 0 Å². The number of methoxy groups -OCH3 is 1. The molecule has 1 aliphatic rings. The van der Waals surface area contributed by atoms with E-state index in [9.17, 15) is 8.78 Å². The molecule has 25 heavy (non-hydrogen) atoms. The number of nitrogens with one attached hydrogen (secondary N) is 2. The van der Waals surface area contributed by atoms with E-state index in [0.29, 0.717) is 12.0 Å². The number of piperidine rings is 1. The minimum Gasteiger partial charge on any atom is -0.385 e. The van der Waals surface area contributed by atoms with E-state index in [0.717, 1.165) is 57.6 Å². The number of likely N-dealkylation sites (tertiary alicyclic amines) is 1. The van der Waals surface area contributed by atoms with Crippen molar-refractivity contribution in [3.63, 3.8) is 0 Å². The lowest BCUT2D eigenvalue weighted by Gasteiger charge is -2.33. The van der Waals surface area contributed by atoms with Crippen molar-refractivity contribution in [1.82, 2.24) is 15.5 Å². The molecule has 0 aliphatic carbocycles. The molecule has 1 aromatic carbocycles. The molecule has 0 unspecified atom stereocenters. The second-order valence-corrected chi connectivity index (χ2v) is 6.27. The lowest BCUT2D eigenvalue weighted by Crippen LogP contribution is -2.48. The van der Waals surface area contributed by atoms with Gasteiger partial charge in [0.05, 0.1) is 0 Å². The minimum absolute atomic E-state index is 0.194. The van der Waals surface area contributed by atoms with Gasteiger partial charge in [0.1, 0.15) is 11.6 Å². The van der Waals surface area contributed by atoms with Crippen molar-refractivity contribution in [3.8, 4) is 0 Å². The number of hydrogen-bond acceptors (Lipinski definition) is 3. The molecule has 0 atom stereocenters. The van der Waals surface area contributed by atoms with Crippen molar-refractivity contribution in [3.05, 3.63) is 35.4 Å². The summed E-state index contributed by atoms with van der Waals surface area (Å²) in [6.45, 7) is 4.13. The smallest absolute Gasteiger partial charge is 0.191 e. The van der Waals surface area contributed by atoms with Crippen molar-refractivity contribution >= 4 is 5.96 Å². The van der Waals surface area contributed by atoms with E-state index in [1.165, 1.54) is 6.07 Å². The van der Waals surface area contributed by atoms with Crippen LogP contribution in [-0.4, -0.2) is 57.3 Å². The Bertz CT molecular complexity index is 560. The number of benzene rings is 1. The predicted molar refractivity (Wildman–Crippen MR) is 95.6 cm³/mol. The van der Waals surface area contributed by atoms with Crippen LogP contribution in [0.25, 0.3) is 0 Å². The molecule has 1 aromatic rings. The Morgan fingerprint density at radius 2 is 2.08 bits per heavy atom. The summed E-state index contributed by atoms with van der Waals surface area (Å²) in [7, 11) is 3.40. The zero-order valence-corrected chi connectivity index (χ0v) is 15.0. The lowest BCUT2D eigenvalue weighted by atomic mass is 10.1. The highest BCUT2D eigenvalue weighted by Crippen LogP contribution is 2.11. The minimum atomic E-state index is -0.443. The average Bonchev–Trinajstić information content (AvgIpc) is 2.62. The SMILES string of the molecule is CN=C(NCc1cc(F)ccc1F)NC1CCN(CCCOC)CC1. The van der Waals surface area contributed by atoms with Crippen LogP contribution in [0, 0.1) is 11.6 Å². The first-order chi connectivity index (χ1) is 12.1. The van der Waals surface area contributed by atoms with Gasteiger partial charge in [-0.25, -0.2) is 8.78 Å². The molecule has 2 rings (SSSR count). The number of guanidine groups is 1. The Morgan fingerprint density at radius 3 is 2.76 bits per heavy atom. The van der Waals surface area contributed by atoms with E-state index >= 15 is 0 Å². The molecule has 140 valence electrons. The molecule has 5 nitrogen and oxygen atoms in total. The third kappa shape index (κ3) is 6.59. The van der Waals surface area contributed by atoms with Gasteiger partial charge in [-0.1, -0.05) is 0 Å². The highest BCUT2D eigenvalue weighted by molar-refractivity contribution is 5.79. The molecule has 0 bridgehead atoms. The van der Waals surface area contributed by atoms with E-state index in [1.807, 2.05) is 0 Å². The normalized spacial score (nSPS) is 16.9. The van der Waals surface area contributed by atoms with Crippen LogP contribution in [0.5, 0.6) is 0 Å². The van der Waals surface area contributed by atoms with E-state index < -0.39 is 11.6 Å². The average molecular weight is 354 g/mol. The summed E-state index contributed by atoms with van der Waals surface area (Å²) in [4.78, 5) is 6.62. The fourth-order valence-corrected chi connectivity index (χ4v) is 2.98. The first kappa shape index (κ1) is 19.6. The number of halogens is 2. The van der Waals surface area contributed by atoms with Crippen LogP contribution in [0.3, 0.4) is 0 Å². The topological polar surface area (TPSA) is 48.9 Å². The van der Waals surface area contributed by atoms with Crippen LogP contribution in [0.2, 0.25) is 0 Å². The molecule has 2 N–H and O–H groups in total. The van der Waals surface area contributed by atoms with Gasteiger partial charge in [-0.3, -0.25) is 4.99 Å². The first-order valence-corrected chi connectivity index (χ1v) is 8.74. The summed E-state index contributed by atoms with van der Waals surface area (Å²) in [5.41, 5.74) is 0.288. The maximum atomic E-state index is 13.7. The van der Waals surface area contributed by atoms with Crippen molar-refractivity contribution in [2.24, 2.45) is 4.99 Å². The van der Waals surface area contributed by atoms with Crippen LogP contribution >= 0.6 is 0 Å². The first-order valence-electron chi connectivity index (χ1n) is 8.74. The van der Waals surface area contributed by atoms with Crippen molar-refractivity contribution in [2.45, 2.75) is 31.8 Å². The Morgan fingerprint density at radius 1 is 1.32 bits per heavy atom. The van der Waals surface area contributed by atoms with Crippen LogP contribution in [0.1, 0.15) is 24.8 Å². The fraction of sp³-hybridized carbons (Fsp3) is 0.611. The van der Waals surface area contributed by atoms with Crippen molar-refractivity contribution in [2.75, 3.05) is 40.4 Å². The maximum Gasteiger partial charge on any atom is 0.191 e. The molecule has 1 saturated heterocycles. The van der Waals surface area contributed by atoms with E-state index in [2.05, 4.69) is 20.5 Å². The summed E-state index contributed by atoms with van der Waals surface area (Å²) in [5, 5.41) is 6.43. The third-order valence-corrected chi connectivity index (χ3v) is 4.43. The summed E-state index contributed by atoms with van der Waals surface area (Å²) in [6.07, 6.45) is 3.11. The van der Waals surface area contributed by atoms with Crippen molar-refractivity contribution in [1.29, 1.82) is 0 Å². The van der Waals surface area contributed by atoms with Crippen molar-refractivity contribution < 1.29 is 13.5 Å². The number of ether oxygens (including phenoxy) is 1. The second-order valence-electron chi connectivity index (χ2n) is 6.27. The molecular weight excluding hydrogens is 326 g/mol. The molecule has 1 fully saturated rings. The van der Waals surface area contributed by atoms with Gasteiger partial charge < -0.3 is 20.3 Å². The monoisotopic (exact) mass is 354 g/mol. The second kappa shape index (κ2) is 10.3. The Kier molecular flexibility index (Phi) is 8.08. The summed E-state index contributed by atoms with van der Waals surface area (Å²) >= 11 is 0. The predicted octanol–water partition coefficient (Wildman–Crippen LogP) is 2.13. The number of hydrogen-bond donors (Lipinski definition) is 2. The van der Waals surface area contributed by atoms with E-state index in [-0.39, 0.29) is 12.1 Å². The highest BCUT2D eigenvalue weighted by Gasteiger charge is 2.19. The summed E-state index contributed by atoms with van der Waals surface area (Å²) in [5.74, 6) is -0.253. The Balaban J connectivity index is 1.74. The van der Waals surface area contributed by atoms with Gasteiger partial charge in [-0.15, -0.1) is 0 Å². The zero-order chi connectivity index (χ0) is 18.1. The lowest BCUT2D eigenvalue weighted by molar-refractivity contribution is 0.155. The van der Waals surface area contributed by atoms with Gasteiger partial charge >= 0.3 is 0 Å². The summed E-state index contributed by atoms with van der Waals surface area (Å²) < 4.78 is 32.0. The fourth-order valence-electron chi connectivity index (χ4n) is 2.98. The quantitative estimate of drug-likeness (QED) is 0.447. The Labute approximate surface area is 148 Å². The largest absolute Gasteiger partial charge is 0.385 e. The molecule has 1 heterocycles. The highest BCUT2D eigenvalue weighted by atomic mass is 19.1. The van der Waals surface area contributed by atoms with Gasteiger partial charge in [0.15, 0.2) is 5.96 Å². The Hall–Kier alpha value is -1.73. The number of aliphatic imine (C=N–C) groups is 1. The summed E-state index contributed by atoms with van der Waals surface area (Å²) in [6, 6.07) is 3.80. The van der Waals surface area contributed by atoms with Gasteiger partial charge in [0.2, 0.25) is 0 Å². The molecule has 0 saturated carbocycles. The number of nitrogens with zero attached hydrogens (tertiary/aromatic N) is 2. The molecule has 0 radical (unpaired) electrons. The van der Waals surface area contributed by atoms with Gasteiger partial charge in [0, 0.05) is 58.5 Å². The van der Waals surface area contributed by atoms with Gasteiger partial charge in [-0.05, 0) is 37.5 Å². The van der Waals surface area contributed by atoms with Crippen LogP contribution in [0.15, 0.2) is 23.2 Å². The third-order valence-electron chi connectivity index (χ3n) is 4.43. The molecule has 7 heteroatoms. The van der Waals surface area contributed by atoms with Crippen LogP contribution in [-0.2, 0) is 11.3 Å². The molecular formula is C18H28F2N4O. The standard InChI is InChI=1S/C18H28F2N4O/c1-21-18(22-13-14-12-15(19)4-5-17(14)20)23-16-6-9-24(10-7-16)8-3-11-25-2/h4-5,12,16H,3,6-11,13H2,1-2H3,(H2,21,22,23). The number of rotatable bonds is 7. The van der Waals surface area contributed by atoms with E-state index in [1.54, 1.807) is 14.2 Å². The van der Waals surface area contributed by atoms with Crippen LogP contribution < -0.4 is 10.6 Å². The molecule has 0 aromatic heterocycles. The molecule has 0 amide bonds. The van der Waals surface area contributed by atoms with Crippen LogP contribution in [0.4, 0.5) is 8.78 Å². The van der Waals surface area contributed by atoms with E-state index in [4.69, 9.17) is 4.74 Å². The van der Waals surface area contributed by atoms with Gasteiger partial charge in [0.25, 0.3) is 0 Å².